The number of fused-ring (bicyclic) bond motifs is 1. The van der Waals surface area contributed by atoms with Crippen molar-refractivity contribution < 1.29 is 26.7 Å². The van der Waals surface area contributed by atoms with Crippen LogP contribution >= 0.6 is 0 Å². The molecule has 5 aromatic rings. The van der Waals surface area contributed by atoms with Gasteiger partial charge >= 0.3 is 0 Å². The second kappa shape index (κ2) is 10.5. The maximum Gasteiger partial charge on any atom is 0.225 e. The second-order valence-corrected chi connectivity index (χ2v) is 8.85. The number of pyridine rings is 1. The molecule has 1 atom stereocenters. The van der Waals surface area contributed by atoms with Crippen LogP contribution in [0.25, 0.3) is 22.0 Å². The number of nitrogens with one attached hydrogen (secondary N) is 2. The number of hydrogen-bond acceptors (Lipinski definition) is 2. The Morgan fingerprint density at radius 1 is 0.868 bits per heavy atom. The molecule has 5 rings (SSSR count). The third kappa shape index (κ3) is 5.41. The van der Waals surface area contributed by atoms with Crippen molar-refractivity contribution in [3.63, 3.8) is 0 Å². The second-order valence-electron chi connectivity index (χ2n) is 8.85. The van der Waals surface area contributed by atoms with Gasteiger partial charge in [-0.2, -0.15) is 0 Å². The number of nitrogens with zero attached hydrogens (tertiary/aromatic N) is 1. The van der Waals surface area contributed by atoms with Gasteiger partial charge in [0.1, 0.15) is 17.5 Å². The summed E-state index contributed by atoms with van der Waals surface area (Å²) in [5.41, 5.74) is 2.47. The maximum atomic E-state index is 14.0. The first-order valence-corrected chi connectivity index (χ1v) is 11.7. The Morgan fingerprint density at radius 3 is 2.42 bits per heavy atom. The highest BCUT2D eigenvalue weighted by atomic mass is 19.2. The van der Waals surface area contributed by atoms with E-state index in [-0.39, 0.29) is 18.4 Å². The molecule has 38 heavy (non-hydrogen) atoms. The first-order chi connectivity index (χ1) is 18.3. The lowest BCUT2D eigenvalue weighted by atomic mass is 9.95. The van der Waals surface area contributed by atoms with E-state index >= 15 is 0 Å². The number of benzene rings is 3. The Balaban J connectivity index is 1.51. The van der Waals surface area contributed by atoms with Crippen LogP contribution in [0.4, 0.5) is 22.0 Å². The molecular weight excluding hydrogens is 501 g/mol. The minimum atomic E-state index is -1.06. The molecule has 0 saturated carbocycles. The highest BCUT2D eigenvalue weighted by Gasteiger charge is 2.23. The molecule has 0 saturated heterocycles. The fraction of sp³-hybridized carbons (Fsp3) is 0.103. The topological polar surface area (TPSA) is 57.8 Å². The summed E-state index contributed by atoms with van der Waals surface area (Å²) >= 11 is 0. The van der Waals surface area contributed by atoms with Crippen LogP contribution in [0.2, 0.25) is 0 Å². The number of halogens is 5. The molecule has 0 aliphatic carbocycles. The van der Waals surface area contributed by atoms with E-state index in [0.29, 0.717) is 33.3 Å². The minimum Gasteiger partial charge on any atom is -0.361 e. The molecule has 0 radical (unpaired) electrons. The van der Waals surface area contributed by atoms with Gasteiger partial charge in [0, 0.05) is 34.9 Å². The van der Waals surface area contributed by atoms with Crippen molar-refractivity contribution >= 4 is 16.8 Å². The predicted octanol–water partition coefficient (Wildman–Crippen LogP) is 6.57. The normalized spacial score (nSPS) is 12.0. The quantitative estimate of drug-likeness (QED) is 0.238. The first kappa shape index (κ1) is 25.1. The highest BCUT2D eigenvalue weighted by Crippen LogP contribution is 2.30. The molecular formula is C29H20F5N3O. The van der Waals surface area contributed by atoms with Gasteiger partial charge in [0.2, 0.25) is 5.91 Å². The molecule has 1 unspecified atom stereocenters. The lowest BCUT2D eigenvalue weighted by Gasteiger charge is -2.22. The Bertz CT molecular complexity index is 1630. The molecule has 2 N–H and O–H groups in total. The van der Waals surface area contributed by atoms with Gasteiger partial charge in [-0.05, 0) is 71.6 Å². The van der Waals surface area contributed by atoms with Gasteiger partial charge < -0.3 is 10.3 Å². The third-order valence-electron chi connectivity index (χ3n) is 6.18. The van der Waals surface area contributed by atoms with Gasteiger partial charge in [-0.1, -0.05) is 12.1 Å². The highest BCUT2D eigenvalue weighted by molar-refractivity contribution is 5.89. The molecule has 0 fully saturated rings. The molecule has 2 heterocycles. The van der Waals surface area contributed by atoms with Crippen molar-refractivity contribution in [3.8, 4) is 11.1 Å². The van der Waals surface area contributed by atoms with Crippen molar-refractivity contribution in [2.45, 2.75) is 18.9 Å². The van der Waals surface area contributed by atoms with Crippen molar-refractivity contribution in [2.75, 3.05) is 0 Å². The van der Waals surface area contributed by atoms with Crippen LogP contribution in [0.3, 0.4) is 0 Å². The van der Waals surface area contributed by atoms with E-state index in [1.165, 1.54) is 24.4 Å². The zero-order valence-corrected chi connectivity index (χ0v) is 19.7. The predicted molar refractivity (Wildman–Crippen MR) is 132 cm³/mol. The van der Waals surface area contributed by atoms with Gasteiger partial charge in [0.25, 0.3) is 0 Å². The van der Waals surface area contributed by atoms with Gasteiger partial charge in [-0.3, -0.25) is 9.78 Å². The van der Waals surface area contributed by atoms with E-state index in [0.717, 1.165) is 30.3 Å². The van der Waals surface area contributed by atoms with E-state index in [2.05, 4.69) is 15.3 Å². The van der Waals surface area contributed by atoms with E-state index in [1.54, 1.807) is 24.4 Å². The first-order valence-electron chi connectivity index (χ1n) is 11.7. The molecule has 0 aliphatic heterocycles. The smallest absolute Gasteiger partial charge is 0.225 e. The zero-order valence-electron chi connectivity index (χ0n) is 19.7. The average Bonchev–Trinajstić information content (AvgIpc) is 3.26. The molecule has 3 aromatic carbocycles. The van der Waals surface area contributed by atoms with Gasteiger partial charge in [-0.15, -0.1) is 0 Å². The molecule has 2 aromatic heterocycles. The Morgan fingerprint density at radius 2 is 1.66 bits per heavy atom. The molecule has 192 valence electrons. The summed E-state index contributed by atoms with van der Waals surface area (Å²) < 4.78 is 69.3. The fourth-order valence-electron chi connectivity index (χ4n) is 4.50. The summed E-state index contributed by atoms with van der Waals surface area (Å²) in [7, 11) is 0. The van der Waals surface area contributed by atoms with Crippen molar-refractivity contribution in [1.82, 2.24) is 15.3 Å². The number of hydrogen-bond donors (Lipinski definition) is 2. The van der Waals surface area contributed by atoms with E-state index < -0.39 is 41.0 Å². The summed E-state index contributed by atoms with van der Waals surface area (Å²) in [5, 5.41) is 3.40. The molecule has 9 heteroatoms. The van der Waals surface area contributed by atoms with Crippen LogP contribution in [0.5, 0.6) is 0 Å². The lowest BCUT2D eigenvalue weighted by Crippen LogP contribution is -2.32. The van der Waals surface area contributed by atoms with Crippen molar-refractivity contribution in [3.05, 3.63) is 125 Å². The standard InChI is InChI=1S/C29H20F5N3O/c30-19-4-6-26-23(14-19)18(15-36-26)12-28(38)37-27(10-16-8-20(31)13-21(32)9-16)29-22(2-1-7-35-29)17-3-5-24(33)25(34)11-17/h1-9,11,13-15,27,36H,10,12H2,(H,37,38). The minimum absolute atomic E-state index is 0.0450. The Labute approximate surface area is 214 Å². The van der Waals surface area contributed by atoms with Crippen LogP contribution in [0.1, 0.15) is 22.9 Å². The van der Waals surface area contributed by atoms with Crippen LogP contribution in [0, 0.1) is 29.1 Å². The number of aromatic amines is 1. The summed E-state index contributed by atoms with van der Waals surface area (Å²) in [6.45, 7) is 0. The van der Waals surface area contributed by atoms with Crippen LogP contribution in [-0.2, 0) is 17.6 Å². The summed E-state index contributed by atoms with van der Waals surface area (Å²) in [6.07, 6.45) is 2.90. The van der Waals surface area contributed by atoms with Gasteiger partial charge in [-0.25, -0.2) is 22.0 Å². The monoisotopic (exact) mass is 521 g/mol. The molecule has 1 amide bonds. The number of carbonyl (C=O) groups excluding carboxylic acids is 1. The number of amides is 1. The van der Waals surface area contributed by atoms with Gasteiger partial charge in [0.15, 0.2) is 11.6 Å². The Hall–Kier alpha value is -4.53. The molecule has 4 nitrogen and oxygen atoms in total. The van der Waals surface area contributed by atoms with E-state index in [9.17, 15) is 26.7 Å². The van der Waals surface area contributed by atoms with Crippen LogP contribution in [-0.4, -0.2) is 15.9 Å². The van der Waals surface area contributed by atoms with Crippen molar-refractivity contribution in [1.29, 1.82) is 0 Å². The number of rotatable bonds is 7. The number of H-pyrrole nitrogens is 1. The molecule has 0 spiro atoms. The molecule has 0 aliphatic rings. The van der Waals surface area contributed by atoms with Crippen molar-refractivity contribution in [2.24, 2.45) is 0 Å². The lowest BCUT2D eigenvalue weighted by molar-refractivity contribution is -0.121. The average molecular weight is 521 g/mol. The van der Waals surface area contributed by atoms with Gasteiger partial charge in [0.05, 0.1) is 18.2 Å². The molecule has 0 bridgehead atoms. The summed E-state index contributed by atoms with van der Waals surface area (Å²) in [5.74, 6) is -4.56. The number of carbonyl (C=O) groups is 1. The summed E-state index contributed by atoms with van der Waals surface area (Å²) in [6, 6.07) is 12.9. The van der Waals surface area contributed by atoms with E-state index in [1.807, 2.05) is 0 Å². The SMILES string of the molecule is O=C(Cc1c[nH]c2ccc(F)cc12)NC(Cc1cc(F)cc(F)c1)c1ncccc1-c1ccc(F)c(F)c1. The zero-order chi connectivity index (χ0) is 26.8. The Kier molecular flexibility index (Phi) is 6.91. The fourth-order valence-corrected chi connectivity index (χ4v) is 4.50. The number of aromatic nitrogens is 2. The largest absolute Gasteiger partial charge is 0.361 e. The maximum absolute atomic E-state index is 14.0. The van der Waals surface area contributed by atoms with Crippen LogP contribution < -0.4 is 5.32 Å². The third-order valence-corrected chi connectivity index (χ3v) is 6.18. The van der Waals surface area contributed by atoms with Crippen LogP contribution in [0.15, 0.2) is 79.1 Å². The van der Waals surface area contributed by atoms with E-state index in [4.69, 9.17) is 0 Å². The summed E-state index contributed by atoms with van der Waals surface area (Å²) in [4.78, 5) is 20.6.